The second-order valence-electron chi connectivity index (χ2n) is 10.1. The van der Waals surface area contributed by atoms with Gasteiger partial charge in [0.25, 0.3) is 5.91 Å². The molecule has 2 saturated heterocycles. The number of β-amino-alcohol motifs (C(OH)–C–C–N with tert-alkyl or cyclic N) is 1. The Hall–Kier alpha value is -3.66. The minimum atomic E-state index is -4.12. The molecule has 3 aromatic rings. The summed E-state index contributed by atoms with van der Waals surface area (Å²) in [6.07, 6.45) is -0.456. The van der Waals surface area contributed by atoms with Crippen molar-refractivity contribution in [1.82, 2.24) is 23.4 Å². The van der Waals surface area contributed by atoms with Crippen LogP contribution in [0.5, 0.6) is 0 Å². The van der Waals surface area contributed by atoms with E-state index in [2.05, 4.69) is 10.1 Å². The van der Waals surface area contributed by atoms with Gasteiger partial charge < -0.3 is 15.7 Å². The first kappa shape index (κ1) is 27.9. The van der Waals surface area contributed by atoms with Crippen LogP contribution in [-0.4, -0.2) is 87.3 Å². The molecular formula is C25H30N8O5S2. The Morgan fingerprint density at radius 3 is 2.55 bits per heavy atom. The zero-order valence-electron chi connectivity index (χ0n) is 22.0. The minimum Gasteiger partial charge on any atom is -0.392 e. The molecule has 0 spiro atoms. The predicted molar refractivity (Wildman–Crippen MR) is 148 cm³/mol. The van der Waals surface area contributed by atoms with Crippen LogP contribution in [0.4, 0.5) is 5.95 Å². The van der Waals surface area contributed by atoms with E-state index < -0.39 is 40.0 Å². The molecule has 2 aliphatic heterocycles. The third-order valence-corrected chi connectivity index (χ3v) is 9.69. The number of aromatic nitrogens is 3. The Balaban J connectivity index is 1.47. The van der Waals surface area contributed by atoms with Gasteiger partial charge in [0.05, 0.1) is 11.7 Å². The van der Waals surface area contributed by atoms with Crippen molar-refractivity contribution in [3.63, 3.8) is 0 Å². The summed E-state index contributed by atoms with van der Waals surface area (Å²) in [5.41, 5.74) is 7.41. The van der Waals surface area contributed by atoms with Gasteiger partial charge in [0.1, 0.15) is 11.8 Å². The molecule has 0 aliphatic carbocycles. The van der Waals surface area contributed by atoms with Gasteiger partial charge in [-0.3, -0.25) is 15.0 Å². The van der Waals surface area contributed by atoms with Crippen molar-refractivity contribution in [2.45, 2.75) is 31.9 Å². The van der Waals surface area contributed by atoms with E-state index in [0.717, 1.165) is 18.9 Å². The standard InChI is InChI=1S/C25H30N8O5S2/c1-15-11-32(40(37,38)31-9-7-19(34)13-31)24(36)20(15)22-28-25(33(29-22)23(35)18-8-10-39-14-18)30(2)12-16-3-5-17(6-4-16)21(26)27/h3-6,8,10,14-15,19-20,34H,7,9,11-13H2,1-2H3,(H3,26,27). The first-order valence-electron chi connectivity index (χ1n) is 12.7. The molecule has 0 saturated carbocycles. The molecule has 1 aromatic carbocycles. The van der Waals surface area contributed by atoms with Crippen molar-refractivity contribution in [2.75, 3.05) is 31.6 Å². The zero-order valence-corrected chi connectivity index (χ0v) is 23.6. The summed E-state index contributed by atoms with van der Waals surface area (Å²) in [5.74, 6) is -2.29. The number of carbonyl (C=O) groups excluding carboxylic acids is 2. The average molecular weight is 587 g/mol. The van der Waals surface area contributed by atoms with Gasteiger partial charge in [0, 0.05) is 44.2 Å². The molecular weight excluding hydrogens is 556 g/mol. The fourth-order valence-electron chi connectivity index (χ4n) is 4.96. The van der Waals surface area contributed by atoms with E-state index in [4.69, 9.17) is 11.1 Å². The number of amidine groups is 1. The molecule has 13 nitrogen and oxygen atoms in total. The van der Waals surface area contributed by atoms with Crippen molar-refractivity contribution < 1.29 is 23.1 Å². The monoisotopic (exact) mass is 586 g/mol. The Labute approximate surface area is 235 Å². The lowest BCUT2D eigenvalue weighted by atomic mass is 9.97. The molecule has 3 atom stereocenters. The van der Waals surface area contributed by atoms with Crippen LogP contribution in [0, 0.1) is 11.3 Å². The van der Waals surface area contributed by atoms with E-state index in [1.165, 1.54) is 11.3 Å². The number of thiophene rings is 1. The summed E-state index contributed by atoms with van der Waals surface area (Å²) >= 11 is 1.36. The third kappa shape index (κ3) is 5.12. The van der Waals surface area contributed by atoms with Gasteiger partial charge in [-0.25, -0.2) is 4.31 Å². The van der Waals surface area contributed by atoms with Crippen LogP contribution in [0.25, 0.3) is 0 Å². The smallest absolute Gasteiger partial charge is 0.306 e. The maximum Gasteiger partial charge on any atom is 0.306 e. The maximum atomic E-state index is 13.5. The first-order chi connectivity index (χ1) is 19.0. The number of nitrogens with two attached hydrogens (primary N) is 1. The molecule has 5 rings (SSSR count). The van der Waals surface area contributed by atoms with Gasteiger partial charge in [-0.1, -0.05) is 31.2 Å². The molecule has 40 heavy (non-hydrogen) atoms. The highest BCUT2D eigenvalue weighted by Crippen LogP contribution is 2.36. The fraction of sp³-hybridized carbons (Fsp3) is 0.400. The topological polar surface area (TPSA) is 179 Å². The van der Waals surface area contributed by atoms with Gasteiger partial charge in [0.2, 0.25) is 11.9 Å². The number of amides is 1. The van der Waals surface area contributed by atoms with E-state index in [0.29, 0.717) is 24.1 Å². The quantitative estimate of drug-likeness (QED) is 0.254. The van der Waals surface area contributed by atoms with Gasteiger partial charge in [-0.15, -0.1) is 5.10 Å². The highest BCUT2D eigenvalue weighted by atomic mass is 32.2. The number of benzene rings is 1. The normalized spacial score (nSPS) is 21.7. The summed E-state index contributed by atoms with van der Waals surface area (Å²) in [6.45, 7) is 2.10. The Bertz CT molecular complexity index is 1540. The van der Waals surface area contributed by atoms with Crippen molar-refractivity contribution in [1.29, 1.82) is 5.41 Å². The fourth-order valence-corrected chi connectivity index (χ4v) is 7.33. The van der Waals surface area contributed by atoms with Crippen molar-refractivity contribution in [2.24, 2.45) is 11.7 Å². The molecule has 3 unspecified atom stereocenters. The number of rotatable bonds is 8. The summed E-state index contributed by atoms with van der Waals surface area (Å²) < 4.78 is 29.5. The summed E-state index contributed by atoms with van der Waals surface area (Å²) in [6, 6.07) is 8.75. The van der Waals surface area contributed by atoms with Crippen molar-refractivity contribution >= 4 is 45.1 Å². The lowest BCUT2D eigenvalue weighted by Crippen LogP contribution is -2.44. The minimum absolute atomic E-state index is 0.0435. The van der Waals surface area contributed by atoms with Crippen LogP contribution in [0.1, 0.15) is 46.6 Å². The van der Waals surface area contributed by atoms with Crippen LogP contribution in [-0.2, 0) is 21.5 Å². The van der Waals surface area contributed by atoms with E-state index >= 15 is 0 Å². The lowest BCUT2D eigenvalue weighted by molar-refractivity contribution is -0.125. The number of anilines is 1. The number of hydrogen-bond donors (Lipinski definition) is 3. The molecule has 15 heteroatoms. The highest BCUT2D eigenvalue weighted by molar-refractivity contribution is 7.87. The Morgan fingerprint density at radius 1 is 1.23 bits per heavy atom. The van der Waals surface area contributed by atoms with Gasteiger partial charge >= 0.3 is 10.2 Å². The molecule has 2 fully saturated rings. The highest BCUT2D eigenvalue weighted by Gasteiger charge is 2.49. The predicted octanol–water partition coefficient (Wildman–Crippen LogP) is 0.822. The molecule has 4 heterocycles. The SMILES string of the molecule is CC1CN(S(=O)(=O)N2CCC(O)C2)C(=O)C1c1nc(N(C)Cc2ccc(C(=N)N)cc2)n(C(=O)c2ccsc2)n1. The summed E-state index contributed by atoms with van der Waals surface area (Å²) in [4.78, 5) is 33.2. The number of aliphatic hydroxyl groups excluding tert-OH is 1. The second-order valence-corrected chi connectivity index (χ2v) is 12.7. The molecule has 4 N–H and O–H groups in total. The summed E-state index contributed by atoms with van der Waals surface area (Å²) in [7, 11) is -2.39. The number of nitrogens with one attached hydrogen (secondary N) is 1. The van der Waals surface area contributed by atoms with E-state index in [9.17, 15) is 23.1 Å². The average Bonchev–Trinajstić information content (AvgIpc) is 3.71. The van der Waals surface area contributed by atoms with Gasteiger partial charge in [0.15, 0.2) is 5.82 Å². The van der Waals surface area contributed by atoms with Crippen LogP contribution >= 0.6 is 11.3 Å². The Morgan fingerprint density at radius 2 is 1.95 bits per heavy atom. The lowest BCUT2D eigenvalue weighted by Gasteiger charge is -2.23. The molecule has 1 amide bonds. The number of carbonyl (C=O) groups is 2. The van der Waals surface area contributed by atoms with Crippen LogP contribution in [0.15, 0.2) is 41.1 Å². The summed E-state index contributed by atoms with van der Waals surface area (Å²) in [5, 5.41) is 25.3. The van der Waals surface area contributed by atoms with E-state index in [1.54, 1.807) is 47.8 Å². The number of hydrogen-bond acceptors (Lipinski definition) is 10. The number of aliphatic hydroxyl groups is 1. The molecule has 2 aliphatic rings. The van der Waals surface area contributed by atoms with E-state index in [-0.39, 0.29) is 37.2 Å². The van der Waals surface area contributed by atoms with Crippen LogP contribution < -0.4 is 10.6 Å². The molecule has 0 radical (unpaired) electrons. The molecule has 0 bridgehead atoms. The molecule has 212 valence electrons. The number of nitrogen functional groups attached to an aromatic ring is 1. The second kappa shape index (κ2) is 10.7. The first-order valence-corrected chi connectivity index (χ1v) is 15.0. The third-order valence-electron chi connectivity index (χ3n) is 7.14. The maximum absolute atomic E-state index is 13.5. The van der Waals surface area contributed by atoms with Gasteiger partial charge in [-0.2, -0.15) is 33.7 Å². The number of nitrogens with zero attached hydrogens (tertiary/aromatic N) is 6. The molecule has 2 aromatic heterocycles. The van der Waals surface area contributed by atoms with Crippen molar-refractivity contribution in [3.8, 4) is 0 Å². The Kier molecular flexibility index (Phi) is 7.48. The van der Waals surface area contributed by atoms with Gasteiger partial charge in [-0.05, 0) is 29.3 Å². The largest absolute Gasteiger partial charge is 0.392 e. The van der Waals surface area contributed by atoms with E-state index in [1.807, 2.05) is 12.1 Å². The van der Waals surface area contributed by atoms with Crippen LogP contribution in [0.2, 0.25) is 0 Å². The zero-order chi connectivity index (χ0) is 28.8. The van der Waals surface area contributed by atoms with Crippen molar-refractivity contribution in [3.05, 3.63) is 63.6 Å². The van der Waals surface area contributed by atoms with Crippen LogP contribution in [0.3, 0.4) is 0 Å².